The Labute approximate surface area is 459 Å². The summed E-state index contributed by atoms with van der Waals surface area (Å²) in [6, 6.07) is 79.1. The van der Waals surface area contributed by atoms with E-state index in [2.05, 4.69) is 249 Å². The molecule has 0 spiro atoms. The minimum atomic E-state index is 0.940. The molecule has 5 heteroatoms. The van der Waals surface area contributed by atoms with Crippen molar-refractivity contribution in [3.05, 3.63) is 262 Å². The highest BCUT2D eigenvalue weighted by molar-refractivity contribution is 6.04. The van der Waals surface area contributed by atoms with E-state index < -0.39 is 0 Å². The van der Waals surface area contributed by atoms with Crippen molar-refractivity contribution in [2.45, 2.75) is 41.5 Å². The highest BCUT2D eigenvalue weighted by Gasteiger charge is 2.25. The van der Waals surface area contributed by atoms with E-state index in [9.17, 15) is 0 Å². The summed E-state index contributed by atoms with van der Waals surface area (Å²) in [5.41, 5.74) is 28.3. The molecule has 0 saturated heterocycles. The van der Waals surface area contributed by atoms with Gasteiger partial charge in [0.15, 0.2) is 0 Å². The highest BCUT2D eigenvalue weighted by Crippen LogP contribution is 2.49. The lowest BCUT2D eigenvalue weighted by Crippen LogP contribution is -1.99. The Kier molecular flexibility index (Phi) is 16.1. The monoisotopic (exact) mass is 1010 g/mol. The minimum absolute atomic E-state index is 0.940. The summed E-state index contributed by atoms with van der Waals surface area (Å²) >= 11 is 0. The first-order chi connectivity index (χ1) is 38.8. The standard InChI is InChI=1S/C23H15N.2C22H14N2.3C2H6/c1-2-8-17-16(7-1)18-9-3-4-11-20(18)22-13-14-24-15-23(22)21-12-6-5-10-19(17)21;1-2-8-16-15(7-1)17-9-3-5-11-19(17)21-22(24-14-13-23-21)20-12-6-4-10-18(16)20;1-2-8-16-15(7-1)17-9-3-4-11-19(17)21-13-23-14-24-22(21)20-12-6-5-10-18(16)20;3*1-2/h1-15H;2*1-14H;3*1-2H3. The maximum Gasteiger partial charge on any atom is 0.116 e. The van der Waals surface area contributed by atoms with Crippen LogP contribution in [0, 0.1) is 0 Å². The highest BCUT2D eigenvalue weighted by atomic mass is 14.8. The molecule has 0 radical (unpaired) electrons. The van der Waals surface area contributed by atoms with Crippen molar-refractivity contribution in [1.82, 2.24) is 24.9 Å². The lowest BCUT2D eigenvalue weighted by molar-refractivity contribution is 1.17. The first kappa shape index (κ1) is 51.8. The molecule has 3 aliphatic carbocycles. The van der Waals surface area contributed by atoms with Gasteiger partial charge in [-0.05, 0) is 95.1 Å². The lowest BCUT2D eigenvalue weighted by atomic mass is 9.82. The third-order valence-corrected chi connectivity index (χ3v) is 14.0. The maximum absolute atomic E-state index is 4.67. The molecule has 9 aromatic carbocycles. The first-order valence-electron chi connectivity index (χ1n) is 27.2. The van der Waals surface area contributed by atoms with Crippen molar-refractivity contribution in [2.75, 3.05) is 0 Å². The summed E-state index contributed by atoms with van der Waals surface area (Å²) in [7, 11) is 0. The second-order valence-corrected chi connectivity index (χ2v) is 17.9. The topological polar surface area (TPSA) is 64.5 Å². The SMILES string of the molecule is CC.CC.CC.c1ccc2c(c1)-c1ccccc1-c1ccncc1-c1ccccc1-2.c1ccc2c(c1)-c1ccccc1-c1cncnc1-c1ccccc1-2.c1ccc2c(c1)-c1ccccc1-c1nccnc1-c1ccccc1-2. The zero-order valence-corrected chi connectivity index (χ0v) is 45.1. The van der Waals surface area contributed by atoms with Crippen LogP contribution in [0.1, 0.15) is 41.5 Å². The third kappa shape index (κ3) is 9.74. The molecule has 15 rings (SSSR count). The van der Waals surface area contributed by atoms with Crippen LogP contribution in [0.2, 0.25) is 0 Å². The van der Waals surface area contributed by atoms with E-state index in [4.69, 9.17) is 0 Å². The van der Waals surface area contributed by atoms with Crippen molar-refractivity contribution in [2.24, 2.45) is 0 Å². The molecule has 378 valence electrons. The van der Waals surface area contributed by atoms with Gasteiger partial charge in [-0.15, -0.1) is 0 Å². The largest absolute Gasteiger partial charge is 0.264 e. The van der Waals surface area contributed by atoms with Crippen molar-refractivity contribution in [3.8, 4) is 134 Å². The summed E-state index contributed by atoms with van der Waals surface area (Å²) in [6.45, 7) is 12.0. The molecular formula is C73H61N5. The molecule has 0 unspecified atom stereocenters. The molecule has 0 N–H and O–H groups in total. The van der Waals surface area contributed by atoms with E-state index in [-0.39, 0.29) is 0 Å². The Morgan fingerprint density at radius 3 is 0.705 bits per heavy atom. The van der Waals surface area contributed by atoms with E-state index >= 15 is 0 Å². The van der Waals surface area contributed by atoms with E-state index in [0.717, 1.165) is 39.3 Å². The van der Waals surface area contributed by atoms with Gasteiger partial charge in [-0.25, -0.2) is 9.97 Å². The summed E-state index contributed by atoms with van der Waals surface area (Å²) in [4.78, 5) is 22.7. The van der Waals surface area contributed by atoms with Crippen molar-refractivity contribution in [1.29, 1.82) is 0 Å². The predicted molar refractivity (Wildman–Crippen MR) is 328 cm³/mol. The fourth-order valence-electron chi connectivity index (χ4n) is 10.8. The number of hydrogen-bond donors (Lipinski definition) is 0. The molecular weight excluding hydrogens is 947 g/mol. The molecule has 5 nitrogen and oxygen atoms in total. The van der Waals surface area contributed by atoms with Crippen LogP contribution in [-0.4, -0.2) is 24.9 Å². The van der Waals surface area contributed by atoms with Gasteiger partial charge in [-0.1, -0.05) is 260 Å². The number of fused-ring (bicyclic) bond motifs is 24. The number of pyridine rings is 1. The predicted octanol–water partition coefficient (Wildman–Crippen LogP) is 20.1. The summed E-state index contributed by atoms with van der Waals surface area (Å²) in [5, 5.41) is 0. The number of nitrogens with zero attached hydrogens (tertiary/aromatic N) is 5. The average molecular weight is 1010 g/mol. The Morgan fingerprint density at radius 2 is 0.397 bits per heavy atom. The second-order valence-electron chi connectivity index (χ2n) is 17.9. The van der Waals surface area contributed by atoms with Gasteiger partial charge in [-0.2, -0.15) is 0 Å². The molecule has 12 aromatic rings. The zero-order valence-electron chi connectivity index (χ0n) is 45.1. The molecule has 0 amide bonds. The first-order valence-corrected chi connectivity index (χ1v) is 27.2. The normalized spacial score (nSPS) is 10.7. The Bertz CT molecular complexity index is 2750. The quantitative estimate of drug-likeness (QED) is 0.151. The number of benzene rings is 9. The molecule has 3 aliphatic rings. The zero-order chi connectivity index (χ0) is 53.8. The average Bonchev–Trinajstić information content (AvgIpc) is 3.66. The molecule has 0 fully saturated rings. The summed E-state index contributed by atoms with van der Waals surface area (Å²) in [5.74, 6) is 0. The second kappa shape index (κ2) is 24.3. The van der Waals surface area contributed by atoms with E-state index in [1.165, 1.54) is 94.6 Å². The van der Waals surface area contributed by atoms with E-state index in [1.54, 1.807) is 18.7 Å². The Hall–Kier alpha value is -9.71. The maximum atomic E-state index is 4.67. The number of rotatable bonds is 0. The van der Waals surface area contributed by atoms with Crippen LogP contribution < -0.4 is 0 Å². The van der Waals surface area contributed by atoms with Crippen LogP contribution in [0.25, 0.3) is 134 Å². The Balaban J connectivity index is 0.000000126. The van der Waals surface area contributed by atoms with Crippen LogP contribution in [-0.2, 0) is 0 Å². The van der Waals surface area contributed by atoms with Gasteiger partial charge >= 0.3 is 0 Å². The molecule has 0 aliphatic heterocycles. The Morgan fingerprint density at radius 1 is 0.179 bits per heavy atom. The van der Waals surface area contributed by atoms with Crippen LogP contribution in [0.3, 0.4) is 0 Å². The molecule has 0 atom stereocenters. The van der Waals surface area contributed by atoms with Crippen molar-refractivity contribution >= 4 is 0 Å². The molecule has 78 heavy (non-hydrogen) atoms. The fraction of sp³-hybridized carbons (Fsp3) is 0.0822. The number of aromatic nitrogens is 5. The molecule has 0 saturated carbocycles. The van der Waals surface area contributed by atoms with Crippen LogP contribution in [0.5, 0.6) is 0 Å². The lowest BCUT2D eigenvalue weighted by Gasteiger charge is -2.22. The van der Waals surface area contributed by atoms with Gasteiger partial charge in [-0.3, -0.25) is 15.0 Å². The van der Waals surface area contributed by atoms with Gasteiger partial charge < -0.3 is 0 Å². The molecule has 3 heterocycles. The van der Waals surface area contributed by atoms with Gasteiger partial charge in [0.2, 0.25) is 0 Å². The van der Waals surface area contributed by atoms with Gasteiger partial charge in [0.1, 0.15) is 6.33 Å². The van der Waals surface area contributed by atoms with Crippen LogP contribution in [0.4, 0.5) is 0 Å². The van der Waals surface area contributed by atoms with Crippen LogP contribution in [0.15, 0.2) is 262 Å². The van der Waals surface area contributed by atoms with Crippen molar-refractivity contribution < 1.29 is 0 Å². The third-order valence-electron chi connectivity index (χ3n) is 14.0. The van der Waals surface area contributed by atoms with E-state index in [1.807, 2.05) is 60.1 Å². The smallest absolute Gasteiger partial charge is 0.116 e. The molecule has 0 bridgehead atoms. The van der Waals surface area contributed by atoms with Gasteiger partial charge in [0.05, 0.1) is 17.1 Å². The van der Waals surface area contributed by atoms with E-state index in [0.29, 0.717) is 0 Å². The van der Waals surface area contributed by atoms with Crippen molar-refractivity contribution in [3.63, 3.8) is 0 Å². The van der Waals surface area contributed by atoms with Crippen LogP contribution >= 0.6 is 0 Å². The minimum Gasteiger partial charge on any atom is -0.264 e. The summed E-state index contributed by atoms with van der Waals surface area (Å²) < 4.78 is 0. The fourth-order valence-corrected chi connectivity index (χ4v) is 10.8. The number of hydrogen-bond acceptors (Lipinski definition) is 5. The molecule has 3 aromatic heterocycles. The summed E-state index contributed by atoms with van der Waals surface area (Å²) in [6.07, 6.45) is 11.0. The van der Waals surface area contributed by atoms with Gasteiger partial charge in [0, 0.05) is 58.8 Å². The van der Waals surface area contributed by atoms with Gasteiger partial charge in [0.25, 0.3) is 0 Å².